The van der Waals surface area contributed by atoms with Gasteiger partial charge < -0.3 is 10.2 Å². The molecular formula is C13H21N3O3S2. The standard InChI is InChI=1S/C13H21N3O3S2/c1-4-10(11-14-5-7-20-11)15-12(17)16-6-8-21(18,19)13(2,3)9-16/h5,7,10H,4,6,8-9H2,1-3H3,(H,15,17). The number of amides is 2. The van der Waals surface area contributed by atoms with Crippen molar-refractivity contribution in [3.63, 3.8) is 0 Å². The third-order valence-corrected chi connectivity index (χ3v) is 7.21. The van der Waals surface area contributed by atoms with Gasteiger partial charge in [-0.05, 0) is 20.3 Å². The van der Waals surface area contributed by atoms with Gasteiger partial charge in [0.05, 0.1) is 16.5 Å². The summed E-state index contributed by atoms with van der Waals surface area (Å²) in [7, 11) is -3.14. The normalized spacial score (nSPS) is 21.8. The van der Waals surface area contributed by atoms with Crippen LogP contribution in [0.4, 0.5) is 4.79 Å². The maximum absolute atomic E-state index is 12.4. The number of nitrogens with one attached hydrogen (secondary N) is 1. The van der Waals surface area contributed by atoms with Crippen LogP contribution in [-0.4, -0.2) is 47.9 Å². The van der Waals surface area contributed by atoms with Crippen molar-refractivity contribution in [3.8, 4) is 0 Å². The summed E-state index contributed by atoms with van der Waals surface area (Å²) < 4.78 is 23.0. The average Bonchev–Trinajstić information content (AvgIpc) is 2.92. The number of hydrogen-bond acceptors (Lipinski definition) is 5. The largest absolute Gasteiger partial charge is 0.329 e. The van der Waals surface area contributed by atoms with E-state index in [9.17, 15) is 13.2 Å². The molecule has 118 valence electrons. The summed E-state index contributed by atoms with van der Waals surface area (Å²) >= 11 is 1.50. The van der Waals surface area contributed by atoms with E-state index in [0.717, 1.165) is 11.4 Å². The first-order valence-electron chi connectivity index (χ1n) is 6.94. The number of sulfone groups is 1. The Hall–Kier alpha value is -1.15. The van der Waals surface area contributed by atoms with Gasteiger partial charge in [0.25, 0.3) is 0 Å². The van der Waals surface area contributed by atoms with Crippen LogP contribution in [-0.2, 0) is 9.84 Å². The first-order chi connectivity index (χ1) is 9.77. The number of nitrogens with zero attached hydrogens (tertiary/aromatic N) is 2. The molecule has 1 fully saturated rings. The highest BCUT2D eigenvalue weighted by atomic mass is 32.2. The van der Waals surface area contributed by atoms with Crippen LogP contribution < -0.4 is 5.32 Å². The molecule has 21 heavy (non-hydrogen) atoms. The van der Waals surface area contributed by atoms with E-state index < -0.39 is 14.6 Å². The number of rotatable bonds is 3. The molecule has 1 aromatic heterocycles. The van der Waals surface area contributed by atoms with Crippen LogP contribution in [0.15, 0.2) is 11.6 Å². The van der Waals surface area contributed by atoms with Crippen LogP contribution in [0.25, 0.3) is 0 Å². The van der Waals surface area contributed by atoms with Crippen LogP contribution in [0, 0.1) is 0 Å². The highest BCUT2D eigenvalue weighted by Gasteiger charge is 2.41. The minimum absolute atomic E-state index is 0.0153. The van der Waals surface area contributed by atoms with Crippen molar-refractivity contribution in [1.82, 2.24) is 15.2 Å². The Morgan fingerprint density at radius 2 is 2.29 bits per heavy atom. The van der Waals surface area contributed by atoms with Crippen LogP contribution in [0.3, 0.4) is 0 Å². The molecule has 2 heterocycles. The Kier molecular flexibility index (Phi) is 4.57. The average molecular weight is 331 g/mol. The third kappa shape index (κ3) is 3.37. The van der Waals surface area contributed by atoms with E-state index in [-0.39, 0.29) is 30.9 Å². The van der Waals surface area contributed by atoms with Gasteiger partial charge >= 0.3 is 6.03 Å². The zero-order valence-electron chi connectivity index (χ0n) is 12.5. The molecule has 2 amide bonds. The van der Waals surface area contributed by atoms with E-state index in [2.05, 4.69) is 10.3 Å². The summed E-state index contributed by atoms with van der Waals surface area (Å²) in [6.07, 6.45) is 2.46. The summed E-state index contributed by atoms with van der Waals surface area (Å²) in [4.78, 5) is 18.2. The fourth-order valence-corrected chi connectivity index (χ4v) is 4.44. The summed E-state index contributed by atoms with van der Waals surface area (Å²) in [5.41, 5.74) is 0. The molecule has 1 unspecified atom stereocenters. The molecule has 0 spiro atoms. The molecule has 0 saturated carbocycles. The van der Waals surface area contributed by atoms with E-state index in [0.29, 0.717) is 0 Å². The second kappa shape index (κ2) is 5.92. The van der Waals surface area contributed by atoms with Crippen molar-refractivity contribution in [2.45, 2.75) is 38.0 Å². The first kappa shape index (κ1) is 16.2. The fourth-order valence-electron chi connectivity index (χ4n) is 2.30. The third-order valence-electron chi connectivity index (χ3n) is 3.79. The Morgan fingerprint density at radius 3 is 2.81 bits per heavy atom. The van der Waals surface area contributed by atoms with Crippen LogP contribution in [0.2, 0.25) is 0 Å². The predicted molar refractivity (Wildman–Crippen MR) is 83.1 cm³/mol. The van der Waals surface area contributed by atoms with Gasteiger partial charge in [-0.15, -0.1) is 11.3 Å². The van der Waals surface area contributed by atoms with Crippen LogP contribution in [0.1, 0.15) is 38.2 Å². The highest BCUT2D eigenvalue weighted by Crippen LogP contribution is 2.25. The van der Waals surface area contributed by atoms with Gasteiger partial charge in [0.1, 0.15) is 5.01 Å². The molecule has 1 atom stereocenters. The molecule has 0 bridgehead atoms. The monoisotopic (exact) mass is 331 g/mol. The molecule has 0 aliphatic carbocycles. The molecule has 2 rings (SSSR count). The van der Waals surface area contributed by atoms with Crippen LogP contribution >= 0.6 is 11.3 Å². The van der Waals surface area contributed by atoms with Gasteiger partial charge in [-0.2, -0.15) is 0 Å². The maximum Gasteiger partial charge on any atom is 0.318 e. The first-order valence-corrected chi connectivity index (χ1v) is 9.47. The second-order valence-corrected chi connectivity index (χ2v) is 9.45. The number of aromatic nitrogens is 1. The predicted octanol–water partition coefficient (Wildman–Crippen LogP) is 1.81. The van der Waals surface area contributed by atoms with Gasteiger partial charge in [-0.25, -0.2) is 18.2 Å². The maximum atomic E-state index is 12.4. The van der Waals surface area contributed by atoms with E-state index in [1.807, 2.05) is 12.3 Å². The van der Waals surface area contributed by atoms with Crippen molar-refractivity contribution < 1.29 is 13.2 Å². The number of carbonyl (C=O) groups excluding carboxylic acids is 1. The minimum atomic E-state index is -3.14. The number of carbonyl (C=O) groups is 1. The number of thiazole rings is 1. The van der Waals surface area contributed by atoms with Crippen molar-refractivity contribution >= 4 is 27.2 Å². The molecule has 6 nitrogen and oxygen atoms in total. The second-order valence-electron chi connectivity index (χ2n) is 5.78. The molecular weight excluding hydrogens is 310 g/mol. The SMILES string of the molecule is CCC(NC(=O)N1CCS(=O)(=O)C(C)(C)C1)c1nccs1. The molecule has 1 aliphatic rings. The Morgan fingerprint density at radius 1 is 1.57 bits per heavy atom. The lowest BCUT2D eigenvalue weighted by Crippen LogP contribution is -2.57. The molecule has 0 aromatic carbocycles. The molecule has 1 saturated heterocycles. The van der Waals surface area contributed by atoms with Crippen molar-refractivity contribution in [1.29, 1.82) is 0 Å². The van der Waals surface area contributed by atoms with Crippen molar-refractivity contribution in [2.24, 2.45) is 0 Å². The van der Waals surface area contributed by atoms with Gasteiger partial charge in [0, 0.05) is 24.7 Å². The van der Waals surface area contributed by atoms with Crippen molar-refractivity contribution in [3.05, 3.63) is 16.6 Å². The van der Waals surface area contributed by atoms with Crippen molar-refractivity contribution in [2.75, 3.05) is 18.8 Å². The molecule has 1 aliphatic heterocycles. The topological polar surface area (TPSA) is 79.4 Å². The fraction of sp³-hybridized carbons (Fsp3) is 0.692. The van der Waals surface area contributed by atoms with Gasteiger partial charge in [0.15, 0.2) is 9.84 Å². The lowest BCUT2D eigenvalue weighted by atomic mass is 10.2. The Balaban J connectivity index is 2.04. The molecule has 8 heteroatoms. The zero-order valence-corrected chi connectivity index (χ0v) is 14.1. The lowest BCUT2D eigenvalue weighted by Gasteiger charge is -2.38. The zero-order chi connectivity index (χ0) is 15.7. The highest BCUT2D eigenvalue weighted by molar-refractivity contribution is 7.92. The quantitative estimate of drug-likeness (QED) is 0.916. The summed E-state index contributed by atoms with van der Waals surface area (Å²) in [5, 5.41) is 5.69. The Bertz CT molecular complexity index is 596. The Labute approximate surface area is 129 Å². The van der Waals surface area contributed by atoms with Gasteiger partial charge in [0.2, 0.25) is 0 Å². The summed E-state index contributed by atoms with van der Waals surface area (Å²) in [5.74, 6) is 0.0153. The molecule has 1 aromatic rings. The number of urea groups is 1. The summed E-state index contributed by atoms with van der Waals surface area (Å²) in [6, 6.07) is -0.348. The van der Waals surface area contributed by atoms with E-state index in [4.69, 9.17) is 0 Å². The summed E-state index contributed by atoms with van der Waals surface area (Å²) in [6.45, 7) is 5.78. The van der Waals surface area contributed by atoms with E-state index in [1.165, 1.54) is 11.3 Å². The smallest absolute Gasteiger partial charge is 0.318 e. The van der Waals surface area contributed by atoms with Gasteiger partial charge in [-0.3, -0.25) is 0 Å². The lowest BCUT2D eigenvalue weighted by molar-refractivity contribution is 0.188. The van der Waals surface area contributed by atoms with E-state index >= 15 is 0 Å². The minimum Gasteiger partial charge on any atom is -0.329 e. The molecule has 1 N–H and O–H groups in total. The van der Waals surface area contributed by atoms with Crippen LogP contribution in [0.5, 0.6) is 0 Å². The molecule has 0 radical (unpaired) electrons. The van der Waals surface area contributed by atoms with Gasteiger partial charge in [-0.1, -0.05) is 6.92 Å². The van der Waals surface area contributed by atoms with E-state index in [1.54, 1.807) is 24.9 Å². The number of hydrogen-bond donors (Lipinski definition) is 1.